The monoisotopic (exact) mass is 448 g/mol. The molecule has 1 amide bonds. The first kappa shape index (κ1) is 22.3. The smallest absolute Gasteiger partial charge is 0.288 e. The predicted molar refractivity (Wildman–Crippen MR) is 122 cm³/mol. The fourth-order valence-corrected chi connectivity index (χ4v) is 3.95. The molecule has 1 heterocycles. The lowest BCUT2D eigenvalue weighted by Crippen LogP contribution is -2.25. The Morgan fingerprint density at radius 2 is 1.90 bits per heavy atom. The van der Waals surface area contributed by atoms with E-state index < -0.39 is 5.76 Å². The minimum absolute atomic E-state index is 0.00617. The molecule has 5 nitrogen and oxygen atoms in total. The van der Waals surface area contributed by atoms with Crippen LogP contribution in [0.2, 0.25) is 0 Å². The van der Waals surface area contributed by atoms with Gasteiger partial charge in [-0.2, -0.15) is 13.9 Å². The lowest BCUT2D eigenvalue weighted by Gasteiger charge is -2.15. The fourth-order valence-electron chi connectivity index (χ4n) is 2.67. The highest BCUT2D eigenvalue weighted by Crippen LogP contribution is 2.27. The van der Waals surface area contributed by atoms with Crippen molar-refractivity contribution >= 4 is 51.7 Å². The van der Waals surface area contributed by atoms with Gasteiger partial charge in [-0.25, -0.2) is 4.99 Å². The second-order valence-corrected chi connectivity index (χ2v) is 9.00. The van der Waals surface area contributed by atoms with Crippen LogP contribution >= 0.6 is 23.5 Å². The number of amides is 1. The summed E-state index contributed by atoms with van der Waals surface area (Å²) in [6.07, 6.45) is 0.491. The first-order valence-electron chi connectivity index (χ1n) is 9.38. The average molecular weight is 449 g/mol. The molecule has 30 heavy (non-hydrogen) atoms. The molecular formula is C21H22F2N4OS2. The van der Waals surface area contributed by atoms with Crippen LogP contribution in [-0.2, 0) is 4.79 Å². The predicted octanol–water partition coefficient (Wildman–Crippen LogP) is 5.71. The van der Waals surface area contributed by atoms with E-state index in [1.807, 2.05) is 38.1 Å². The highest BCUT2D eigenvalue weighted by molar-refractivity contribution is 8.14. The SMILES string of the molecule is CC(C)CC(=O)Nc1ccc(C2=NNC(=Nc3ccc(SC(F)F)cc3)SC2)cc1. The molecule has 0 fully saturated rings. The summed E-state index contributed by atoms with van der Waals surface area (Å²) in [7, 11) is 0. The number of halogens is 2. The van der Waals surface area contributed by atoms with Gasteiger partial charge in [0.15, 0.2) is 5.17 Å². The van der Waals surface area contributed by atoms with Crippen molar-refractivity contribution in [1.29, 1.82) is 0 Å². The minimum atomic E-state index is -2.43. The maximum atomic E-state index is 12.4. The Morgan fingerprint density at radius 3 is 2.47 bits per heavy atom. The second-order valence-electron chi connectivity index (χ2n) is 6.97. The lowest BCUT2D eigenvalue weighted by atomic mass is 10.1. The molecule has 0 unspecified atom stereocenters. The number of carbonyl (C=O) groups is 1. The first-order valence-corrected chi connectivity index (χ1v) is 11.2. The third-order valence-electron chi connectivity index (χ3n) is 4.02. The van der Waals surface area contributed by atoms with Crippen molar-refractivity contribution < 1.29 is 13.6 Å². The van der Waals surface area contributed by atoms with Gasteiger partial charge >= 0.3 is 0 Å². The Balaban J connectivity index is 1.59. The lowest BCUT2D eigenvalue weighted by molar-refractivity contribution is -0.116. The van der Waals surface area contributed by atoms with E-state index >= 15 is 0 Å². The van der Waals surface area contributed by atoms with Crippen LogP contribution in [0.1, 0.15) is 25.8 Å². The number of anilines is 1. The summed E-state index contributed by atoms with van der Waals surface area (Å²) >= 11 is 2.02. The molecule has 0 bridgehead atoms. The summed E-state index contributed by atoms with van der Waals surface area (Å²) in [6, 6.07) is 14.2. The summed E-state index contributed by atoms with van der Waals surface area (Å²) < 4.78 is 24.8. The zero-order chi connectivity index (χ0) is 21.5. The number of hydrogen-bond donors (Lipinski definition) is 2. The van der Waals surface area contributed by atoms with Gasteiger partial charge in [-0.05, 0) is 47.9 Å². The largest absolute Gasteiger partial charge is 0.326 e. The number of rotatable bonds is 7. The number of nitrogens with one attached hydrogen (secondary N) is 2. The van der Waals surface area contributed by atoms with E-state index in [1.165, 1.54) is 11.8 Å². The molecule has 2 aromatic rings. The quantitative estimate of drug-likeness (QED) is 0.532. The molecule has 0 saturated heterocycles. The topological polar surface area (TPSA) is 65.8 Å². The molecule has 2 N–H and O–H groups in total. The Hall–Kier alpha value is -2.39. The normalized spacial score (nSPS) is 15.3. The number of amidine groups is 1. The van der Waals surface area contributed by atoms with Crippen LogP contribution in [0.3, 0.4) is 0 Å². The van der Waals surface area contributed by atoms with Gasteiger partial charge in [0.2, 0.25) is 5.91 Å². The van der Waals surface area contributed by atoms with Gasteiger partial charge in [0, 0.05) is 22.8 Å². The van der Waals surface area contributed by atoms with Crippen LogP contribution in [0.4, 0.5) is 20.2 Å². The number of benzene rings is 2. The van der Waals surface area contributed by atoms with E-state index in [2.05, 4.69) is 20.8 Å². The third-order valence-corrected chi connectivity index (χ3v) is 5.62. The molecule has 2 aromatic carbocycles. The number of nitrogens with zero attached hydrogens (tertiary/aromatic N) is 2. The van der Waals surface area contributed by atoms with Crippen molar-refractivity contribution in [2.45, 2.75) is 30.9 Å². The Bertz CT molecular complexity index is 929. The number of hydrogen-bond acceptors (Lipinski definition) is 5. The van der Waals surface area contributed by atoms with Gasteiger partial charge in [0.25, 0.3) is 5.76 Å². The number of hydrazone groups is 1. The van der Waals surface area contributed by atoms with Crippen molar-refractivity contribution in [2.24, 2.45) is 16.0 Å². The summed E-state index contributed by atoms with van der Waals surface area (Å²) in [5, 5.41) is 7.92. The summed E-state index contributed by atoms with van der Waals surface area (Å²) in [6.45, 7) is 4.02. The summed E-state index contributed by atoms with van der Waals surface area (Å²) in [4.78, 5) is 16.8. The molecule has 0 spiro atoms. The van der Waals surface area contributed by atoms with E-state index in [-0.39, 0.29) is 5.91 Å². The highest BCUT2D eigenvalue weighted by Gasteiger charge is 2.14. The van der Waals surface area contributed by atoms with Crippen molar-refractivity contribution in [3.8, 4) is 0 Å². The maximum Gasteiger partial charge on any atom is 0.288 e. The summed E-state index contributed by atoms with van der Waals surface area (Å²) in [5.74, 6) is -1.47. The number of thioether (sulfide) groups is 2. The van der Waals surface area contributed by atoms with Crippen LogP contribution in [0.15, 0.2) is 63.5 Å². The fraction of sp³-hybridized carbons (Fsp3) is 0.286. The third kappa shape index (κ3) is 6.84. The molecule has 0 radical (unpaired) electrons. The number of alkyl halides is 2. The van der Waals surface area contributed by atoms with Gasteiger partial charge in [-0.15, -0.1) is 0 Å². The molecular weight excluding hydrogens is 426 g/mol. The van der Waals surface area contributed by atoms with Crippen LogP contribution in [0.25, 0.3) is 0 Å². The van der Waals surface area contributed by atoms with E-state index in [0.29, 0.717) is 45.6 Å². The van der Waals surface area contributed by atoms with Crippen LogP contribution in [-0.4, -0.2) is 28.3 Å². The average Bonchev–Trinajstić information content (AvgIpc) is 2.70. The zero-order valence-electron chi connectivity index (χ0n) is 16.6. The van der Waals surface area contributed by atoms with Gasteiger partial charge in [-0.3, -0.25) is 10.2 Å². The van der Waals surface area contributed by atoms with Gasteiger partial charge < -0.3 is 5.32 Å². The molecule has 1 aliphatic heterocycles. The van der Waals surface area contributed by atoms with E-state index in [0.717, 1.165) is 17.0 Å². The molecule has 158 valence electrons. The van der Waals surface area contributed by atoms with Crippen molar-refractivity contribution in [2.75, 3.05) is 11.1 Å². The van der Waals surface area contributed by atoms with Gasteiger partial charge in [-0.1, -0.05) is 49.5 Å². The molecule has 0 atom stereocenters. The van der Waals surface area contributed by atoms with Gasteiger partial charge in [0.1, 0.15) is 0 Å². The Kier molecular flexibility index (Phi) is 7.87. The Morgan fingerprint density at radius 1 is 1.20 bits per heavy atom. The van der Waals surface area contributed by atoms with Crippen LogP contribution in [0.5, 0.6) is 0 Å². The molecule has 9 heteroatoms. The van der Waals surface area contributed by atoms with Crippen LogP contribution < -0.4 is 10.7 Å². The molecule has 1 aliphatic rings. The molecule has 0 aliphatic carbocycles. The van der Waals surface area contributed by atoms with E-state index in [1.54, 1.807) is 24.3 Å². The van der Waals surface area contributed by atoms with Crippen molar-refractivity contribution in [3.05, 3.63) is 54.1 Å². The standard InChI is InChI=1S/C21H22F2N4OS2/c1-13(2)11-19(28)24-15-5-3-14(4-6-15)18-12-29-21(27-26-18)25-16-7-9-17(10-8-16)30-20(22)23/h3-10,13,20H,11-12H2,1-2H3,(H,24,28)(H,25,27). The van der Waals surface area contributed by atoms with Gasteiger partial charge in [0.05, 0.1) is 11.4 Å². The minimum Gasteiger partial charge on any atom is -0.326 e. The van der Waals surface area contributed by atoms with E-state index in [9.17, 15) is 13.6 Å². The maximum absolute atomic E-state index is 12.4. The number of aliphatic imine (C=N–C) groups is 1. The molecule has 0 aromatic heterocycles. The zero-order valence-corrected chi connectivity index (χ0v) is 18.2. The first-order chi connectivity index (χ1) is 14.4. The van der Waals surface area contributed by atoms with Crippen LogP contribution in [0, 0.1) is 5.92 Å². The second kappa shape index (κ2) is 10.6. The highest BCUT2D eigenvalue weighted by atomic mass is 32.2. The summed E-state index contributed by atoms with van der Waals surface area (Å²) in [5.41, 5.74) is 6.21. The molecule has 0 saturated carbocycles. The van der Waals surface area contributed by atoms with Crippen molar-refractivity contribution in [3.63, 3.8) is 0 Å². The van der Waals surface area contributed by atoms with Crippen molar-refractivity contribution in [1.82, 2.24) is 5.43 Å². The number of carbonyl (C=O) groups excluding carboxylic acids is 1. The van der Waals surface area contributed by atoms with E-state index in [4.69, 9.17) is 0 Å². The Labute approximate surface area is 182 Å². The molecule has 3 rings (SSSR count).